The van der Waals surface area contributed by atoms with Crippen LogP contribution in [-0.2, 0) is 14.8 Å². The number of sulfonamides is 1. The van der Waals surface area contributed by atoms with Crippen molar-refractivity contribution in [3.63, 3.8) is 0 Å². The Hall–Kier alpha value is -1.77. The quantitative estimate of drug-likeness (QED) is 0.819. The highest BCUT2D eigenvalue weighted by molar-refractivity contribution is 9.10. The second-order valence-corrected chi connectivity index (χ2v) is 8.74. The molecule has 132 valence electrons. The molecule has 1 aromatic carbocycles. The Morgan fingerprint density at radius 1 is 1.24 bits per heavy atom. The maximum atomic E-state index is 12.7. The van der Waals surface area contributed by atoms with E-state index in [2.05, 4.69) is 26.2 Å². The van der Waals surface area contributed by atoms with E-state index < -0.39 is 10.0 Å². The van der Waals surface area contributed by atoms with Crippen LogP contribution in [0.1, 0.15) is 12.8 Å². The van der Waals surface area contributed by atoms with Crippen molar-refractivity contribution in [3.8, 4) is 0 Å². The lowest BCUT2D eigenvalue weighted by atomic mass is 9.99. The zero-order chi connectivity index (χ0) is 17.9. The van der Waals surface area contributed by atoms with Gasteiger partial charge < -0.3 is 5.32 Å². The van der Waals surface area contributed by atoms with E-state index in [1.807, 2.05) is 12.1 Å². The Labute approximate surface area is 155 Å². The molecule has 0 bridgehead atoms. The highest BCUT2D eigenvalue weighted by Gasteiger charge is 2.33. The fraction of sp³-hybridized carbons (Fsp3) is 0.294. The highest BCUT2D eigenvalue weighted by Crippen LogP contribution is 2.24. The Balaban J connectivity index is 1.70. The summed E-state index contributed by atoms with van der Waals surface area (Å²) in [6.45, 7) is 0.596. The Morgan fingerprint density at radius 3 is 2.68 bits per heavy atom. The lowest BCUT2D eigenvalue weighted by Crippen LogP contribution is -2.43. The number of hydrogen-bond acceptors (Lipinski definition) is 4. The van der Waals surface area contributed by atoms with E-state index in [-0.39, 0.29) is 23.3 Å². The number of hydrogen-bond donors (Lipinski definition) is 1. The number of carbonyl (C=O) groups excluding carboxylic acids is 1. The Morgan fingerprint density at radius 2 is 2.00 bits per heavy atom. The molecule has 1 saturated heterocycles. The van der Waals surface area contributed by atoms with Gasteiger partial charge in [-0.3, -0.25) is 9.78 Å². The second-order valence-electron chi connectivity index (χ2n) is 5.89. The molecule has 8 heteroatoms. The van der Waals surface area contributed by atoms with Crippen LogP contribution in [0.3, 0.4) is 0 Å². The SMILES string of the molecule is O=C(Nc1ccc(Br)cc1)[C@H]1CCCN(S(=O)(=O)c2cccnc2)C1. The molecule has 6 nitrogen and oxygen atoms in total. The summed E-state index contributed by atoms with van der Waals surface area (Å²) in [6.07, 6.45) is 4.18. The number of carbonyl (C=O) groups is 1. The summed E-state index contributed by atoms with van der Waals surface area (Å²) >= 11 is 3.35. The van der Waals surface area contributed by atoms with Gasteiger partial charge in [-0.05, 0) is 49.2 Å². The second kappa shape index (κ2) is 7.63. The van der Waals surface area contributed by atoms with E-state index in [1.165, 1.54) is 22.8 Å². The van der Waals surface area contributed by atoms with Crippen LogP contribution in [0.15, 0.2) is 58.2 Å². The van der Waals surface area contributed by atoms with Crippen LogP contribution in [-0.4, -0.2) is 36.7 Å². The standard InChI is InChI=1S/C17H18BrN3O3S/c18-14-5-7-15(8-6-14)20-17(22)13-3-2-10-21(12-13)25(23,24)16-4-1-9-19-11-16/h1,4-9,11,13H,2-3,10,12H2,(H,20,22)/t13-/m0/s1. The maximum Gasteiger partial charge on any atom is 0.244 e. The number of anilines is 1. The number of benzene rings is 1. The van der Waals surface area contributed by atoms with Gasteiger partial charge in [0, 0.05) is 35.6 Å². The predicted octanol–water partition coefficient (Wildman–Crippen LogP) is 2.88. The molecule has 25 heavy (non-hydrogen) atoms. The third-order valence-corrected chi connectivity index (χ3v) is 6.52. The maximum absolute atomic E-state index is 12.7. The van der Waals surface area contributed by atoms with Crippen LogP contribution in [0.4, 0.5) is 5.69 Å². The van der Waals surface area contributed by atoms with Crippen molar-refractivity contribution >= 4 is 37.5 Å². The van der Waals surface area contributed by atoms with Crippen LogP contribution in [0, 0.1) is 5.92 Å². The van der Waals surface area contributed by atoms with Gasteiger partial charge in [-0.1, -0.05) is 15.9 Å². The first-order valence-electron chi connectivity index (χ1n) is 7.93. The van der Waals surface area contributed by atoms with Gasteiger partial charge in [0.05, 0.1) is 5.92 Å². The van der Waals surface area contributed by atoms with E-state index in [9.17, 15) is 13.2 Å². The summed E-state index contributed by atoms with van der Waals surface area (Å²) in [7, 11) is -3.62. The summed E-state index contributed by atoms with van der Waals surface area (Å²) in [5.74, 6) is -0.530. The van der Waals surface area contributed by atoms with Crippen molar-refractivity contribution in [2.45, 2.75) is 17.7 Å². The first-order valence-corrected chi connectivity index (χ1v) is 10.2. The van der Waals surface area contributed by atoms with E-state index in [1.54, 1.807) is 18.2 Å². The van der Waals surface area contributed by atoms with Crippen molar-refractivity contribution in [1.82, 2.24) is 9.29 Å². The van der Waals surface area contributed by atoms with Crippen molar-refractivity contribution < 1.29 is 13.2 Å². The molecule has 0 saturated carbocycles. The normalized spacial score (nSPS) is 18.7. The Kier molecular flexibility index (Phi) is 5.51. The number of pyridine rings is 1. The van der Waals surface area contributed by atoms with Gasteiger partial charge in [0.15, 0.2) is 0 Å². The van der Waals surface area contributed by atoms with Crippen LogP contribution in [0.25, 0.3) is 0 Å². The number of aromatic nitrogens is 1. The van der Waals surface area contributed by atoms with Gasteiger partial charge in [0.1, 0.15) is 4.90 Å². The van der Waals surface area contributed by atoms with Crippen LogP contribution >= 0.6 is 15.9 Å². The van der Waals surface area contributed by atoms with Gasteiger partial charge in [0.25, 0.3) is 0 Å². The molecule has 0 spiro atoms. The van der Waals surface area contributed by atoms with Gasteiger partial charge in [-0.25, -0.2) is 8.42 Å². The van der Waals surface area contributed by atoms with Crippen molar-refractivity contribution in [3.05, 3.63) is 53.3 Å². The van der Waals surface area contributed by atoms with E-state index >= 15 is 0 Å². The summed E-state index contributed by atoms with van der Waals surface area (Å²) in [6, 6.07) is 10.4. The third-order valence-electron chi connectivity index (χ3n) is 4.14. The zero-order valence-electron chi connectivity index (χ0n) is 13.4. The van der Waals surface area contributed by atoms with E-state index in [0.29, 0.717) is 25.1 Å². The molecule has 2 aromatic rings. The number of halogens is 1. The van der Waals surface area contributed by atoms with Gasteiger partial charge in [-0.2, -0.15) is 4.31 Å². The summed E-state index contributed by atoms with van der Waals surface area (Å²) in [5.41, 5.74) is 0.695. The molecule has 1 amide bonds. The summed E-state index contributed by atoms with van der Waals surface area (Å²) in [4.78, 5) is 16.5. The molecule has 2 heterocycles. The van der Waals surface area contributed by atoms with Gasteiger partial charge >= 0.3 is 0 Å². The molecule has 0 aliphatic carbocycles. The molecule has 1 aliphatic rings. The van der Waals surface area contributed by atoms with Gasteiger partial charge in [-0.15, -0.1) is 0 Å². The molecule has 0 radical (unpaired) electrons. The van der Waals surface area contributed by atoms with Crippen LogP contribution < -0.4 is 5.32 Å². The number of rotatable bonds is 4. The summed E-state index contributed by atoms with van der Waals surface area (Å²) in [5, 5.41) is 2.86. The fourth-order valence-corrected chi connectivity index (χ4v) is 4.55. The van der Waals surface area contributed by atoms with Crippen molar-refractivity contribution in [2.24, 2.45) is 5.92 Å². The third kappa shape index (κ3) is 4.26. The molecule has 3 rings (SSSR count). The number of nitrogens with one attached hydrogen (secondary N) is 1. The topological polar surface area (TPSA) is 79.4 Å². The largest absolute Gasteiger partial charge is 0.326 e. The lowest BCUT2D eigenvalue weighted by molar-refractivity contribution is -0.120. The van der Waals surface area contributed by atoms with Crippen LogP contribution in [0.5, 0.6) is 0 Å². The minimum atomic E-state index is -3.62. The lowest BCUT2D eigenvalue weighted by Gasteiger charge is -2.31. The number of amides is 1. The molecule has 1 fully saturated rings. The first kappa shape index (κ1) is 18.0. The molecule has 0 unspecified atom stereocenters. The molecular weight excluding hydrogens is 406 g/mol. The molecule has 1 N–H and O–H groups in total. The monoisotopic (exact) mass is 423 g/mol. The fourth-order valence-electron chi connectivity index (χ4n) is 2.80. The van der Waals surface area contributed by atoms with Crippen molar-refractivity contribution in [2.75, 3.05) is 18.4 Å². The van der Waals surface area contributed by atoms with E-state index in [0.717, 1.165) is 4.47 Å². The minimum Gasteiger partial charge on any atom is -0.326 e. The average Bonchev–Trinajstić information content (AvgIpc) is 2.64. The average molecular weight is 424 g/mol. The zero-order valence-corrected chi connectivity index (χ0v) is 15.8. The Bertz CT molecular complexity index is 841. The molecule has 1 aliphatic heterocycles. The summed E-state index contributed by atoms with van der Waals surface area (Å²) < 4.78 is 27.7. The molecular formula is C17H18BrN3O3S. The van der Waals surface area contributed by atoms with E-state index in [4.69, 9.17) is 0 Å². The predicted molar refractivity (Wildman–Crippen MR) is 98.5 cm³/mol. The smallest absolute Gasteiger partial charge is 0.244 e. The highest BCUT2D eigenvalue weighted by atomic mass is 79.9. The van der Waals surface area contributed by atoms with Crippen LogP contribution in [0.2, 0.25) is 0 Å². The molecule has 1 atom stereocenters. The van der Waals surface area contributed by atoms with Gasteiger partial charge in [0.2, 0.25) is 15.9 Å². The first-order chi connectivity index (χ1) is 12.0. The number of nitrogens with zero attached hydrogens (tertiary/aromatic N) is 2. The van der Waals surface area contributed by atoms with Crippen molar-refractivity contribution in [1.29, 1.82) is 0 Å². The molecule has 1 aromatic heterocycles. The number of piperidine rings is 1. The minimum absolute atomic E-state index is 0.156.